The molecular weight excluding hydrogens is 168 g/mol. The van der Waals surface area contributed by atoms with Gasteiger partial charge in [-0.3, -0.25) is 0 Å². The fraction of sp³-hybridized carbons (Fsp3) is 1.00. The first-order chi connectivity index (χ1) is 3.84. The van der Waals surface area contributed by atoms with E-state index in [1.165, 1.54) is 12.8 Å². The summed E-state index contributed by atoms with van der Waals surface area (Å²) in [5, 5.41) is 1.11. The van der Waals surface area contributed by atoms with Gasteiger partial charge in [0, 0.05) is 5.33 Å². The smallest absolute Gasteiger partial charge is 0.0839 e. The molecule has 0 saturated carbocycles. The summed E-state index contributed by atoms with van der Waals surface area (Å²) in [7, 11) is 0. The average Bonchev–Trinajstić information content (AvgIpc) is 2.42. The van der Waals surface area contributed by atoms with E-state index >= 15 is 0 Å². The molecule has 1 fully saturated rings. The zero-order valence-corrected chi connectivity index (χ0v) is 6.65. The highest BCUT2D eigenvalue weighted by molar-refractivity contribution is 9.09. The van der Waals surface area contributed by atoms with Gasteiger partial charge in [-0.25, -0.2) is 0 Å². The molecule has 1 heterocycles. The van der Waals surface area contributed by atoms with Crippen molar-refractivity contribution >= 4 is 15.9 Å². The lowest BCUT2D eigenvalue weighted by molar-refractivity contribution is 0.369. The second-order valence-electron chi connectivity index (χ2n) is 2.21. The Labute approximate surface area is 58.5 Å². The number of rotatable bonds is 3. The molecular formula is C6H11BrO. The van der Waals surface area contributed by atoms with Gasteiger partial charge in [0.2, 0.25) is 0 Å². The summed E-state index contributed by atoms with van der Waals surface area (Å²) in [5.74, 6) is 0. The van der Waals surface area contributed by atoms with Gasteiger partial charge in [-0.05, 0) is 19.8 Å². The molecule has 1 saturated heterocycles. The molecule has 1 aliphatic heterocycles. The second-order valence-corrected chi connectivity index (χ2v) is 3.00. The quantitative estimate of drug-likeness (QED) is 0.476. The van der Waals surface area contributed by atoms with Gasteiger partial charge < -0.3 is 4.74 Å². The van der Waals surface area contributed by atoms with Crippen LogP contribution in [0, 0.1) is 0 Å². The van der Waals surface area contributed by atoms with Gasteiger partial charge in [0.05, 0.1) is 12.2 Å². The van der Waals surface area contributed by atoms with E-state index in [0.29, 0.717) is 12.2 Å². The molecule has 2 heteroatoms. The topological polar surface area (TPSA) is 12.5 Å². The lowest BCUT2D eigenvalue weighted by Crippen LogP contribution is -1.88. The first-order valence-electron chi connectivity index (χ1n) is 3.06. The van der Waals surface area contributed by atoms with Gasteiger partial charge in [0.25, 0.3) is 0 Å². The van der Waals surface area contributed by atoms with Crippen LogP contribution >= 0.6 is 15.9 Å². The molecule has 48 valence electrons. The Morgan fingerprint density at radius 1 is 1.62 bits per heavy atom. The third-order valence-electron chi connectivity index (χ3n) is 1.46. The highest BCUT2D eigenvalue weighted by Gasteiger charge is 2.32. The Morgan fingerprint density at radius 2 is 2.25 bits per heavy atom. The number of epoxide rings is 1. The lowest BCUT2D eigenvalue weighted by Gasteiger charge is -1.86. The van der Waals surface area contributed by atoms with Crippen LogP contribution in [0.3, 0.4) is 0 Å². The number of halogens is 1. The van der Waals surface area contributed by atoms with Crippen LogP contribution in [-0.4, -0.2) is 17.5 Å². The minimum atomic E-state index is 0.550. The summed E-state index contributed by atoms with van der Waals surface area (Å²) >= 11 is 3.37. The summed E-state index contributed by atoms with van der Waals surface area (Å²) in [4.78, 5) is 0. The Bertz CT molecular complexity index is 74.9. The van der Waals surface area contributed by atoms with Crippen LogP contribution in [0.5, 0.6) is 0 Å². The summed E-state index contributed by atoms with van der Waals surface area (Å²) < 4.78 is 5.20. The van der Waals surface area contributed by atoms with Crippen molar-refractivity contribution in [1.29, 1.82) is 0 Å². The van der Waals surface area contributed by atoms with Crippen molar-refractivity contribution < 1.29 is 4.74 Å². The van der Waals surface area contributed by atoms with E-state index in [0.717, 1.165) is 5.33 Å². The molecule has 0 aliphatic carbocycles. The standard InChI is InChI=1S/C6H11BrO/c1-5-6(8-5)3-2-4-7/h5-6H,2-4H2,1H3/t5-,6+/m1/s1. The fourth-order valence-electron chi connectivity index (χ4n) is 0.811. The summed E-state index contributed by atoms with van der Waals surface area (Å²) in [5.41, 5.74) is 0. The van der Waals surface area contributed by atoms with Crippen molar-refractivity contribution in [3.05, 3.63) is 0 Å². The largest absolute Gasteiger partial charge is 0.370 e. The third-order valence-corrected chi connectivity index (χ3v) is 2.02. The molecule has 0 aromatic carbocycles. The molecule has 2 atom stereocenters. The van der Waals surface area contributed by atoms with Crippen molar-refractivity contribution in [2.45, 2.75) is 32.0 Å². The Hall–Kier alpha value is 0.440. The van der Waals surface area contributed by atoms with E-state index in [1.54, 1.807) is 0 Å². The molecule has 8 heavy (non-hydrogen) atoms. The molecule has 1 aliphatic rings. The van der Waals surface area contributed by atoms with E-state index in [-0.39, 0.29) is 0 Å². The van der Waals surface area contributed by atoms with Crippen molar-refractivity contribution in [2.24, 2.45) is 0 Å². The summed E-state index contributed by atoms with van der Waals surface area (Å²) in [6, 6.07) is 0. The summed E-state index contributed by atoms with van der Waals surface area (Å²) in [6.07, 6.45) is 3.61. The SMILES string of the molecule is C[C@H]1O[C@H]1CCCBr. The zero-order valence-electron chi connectivity index (χ0n) is 5.06. The van der Waals surface area contributed by atoms with Crippen molar-refractivity contribution in [3.8, 4) is 0 Å². The van der Waals surface area contributed by atoms with Crippen molar-refractivity contribution in [2.75, 3.05) is 5.33 Å². The first-order valence-corrected chi connectivity index (χ1v) is 4.18. The van der Waals surface area contributed by atoms with Gasteiger partial charge in [-0.2, -0.15) is 0 Å². The third kappa shape index (κ3) is 1.75. The molecule has 0 unspecified atom stereocenters. The van der Waals surface area contributed by atoms with Crippen LogP contribution in [0.2, 0.25) is 0 Å². The molecule has 0 spiro atoms. The molecule has 0 bridgehead atoms. The molecule has 0 N–H and O–H groups in total. The Kier molecular flexibility index (Phi) is 2.32. The first kappa shape index (κ1) is 6.56. The molecule has 0 aromatic heterocycles. The molecule has 1 rings (SSSR count). The van der Waals surface area contributed by atoms with E-state index in [4.69, 9.17) is 4.74 Å². The van der Waals surface area contributed by atoms with Crippen LogP contribution in [0.15, 0.2) is 0 Å². The monoisotopic (exact) mass is 178 g/mol. The number of alkyl halides is 1. The highest BCUT2D eigenvalue weighted by atomic mass is 79.9. The maximum absolute atomic E-state index is 5.20. The van der Waals surface area contributed by atoms with Gasteiger partial charge >= 0.3 is 0 Å². The van der Waals surface area contributed by atoms with Crippen LogP contribution in [0.25, 0.3) is 0 Å². The zero-order chi connectivity index (χ0) is 5.98. The van der Waals surface area contributed by atoms with E-state index in [9.17, 15) is 0 Å². The van der Waals surface area contributed by atoms with Gasteiger partial charge in [-0.15, -0.1) is 0 Å². The summed E-state index contributed by atoms with van der Waals surface area (Å²) in [6.45, 7) is 2.12. The second kappa shape index (κ2) is 2.83. The molecule has 0 amide bonds. The van der Waals surface area contributed by atoms with E-state index in [2.05, 4.69) is 22.9 Å². The van der Waals surface area contributed by atoms with Crippen LogP contribution < -0.4 is 0 Å². The molecule has 0 aromatic rings. The average molecular weight is 179 g/mol. The minimum Gasteiger partial charge on any atom is -0.370 e. The van der Waals surface area contributed by atoms with Crippen LogP contribution in [0.1, 0.15) is 19.8 Å². The normalized spacial score (nSPS) is 35.2. The number of hydrogen-bond acceptors (Lipinski definition) is 1. The Balaban J connectivity index is 1.89. The Morgan fingerprint density at radius 3 is 2.62 bits per heavy atom. The lowest BCUT2D eigenvalue weighted by atomic mass is 10.2. The number of ether oxygens (including phenoxy) is 1. The predicted octanol–water partition coefficient (Wildman–Crippen LogP) is 1.95. The highest BCUT2D eigenvalue weighted by Crippen LogP contribution is 2.25. The van der Waals surface area contributed by atoms with Gasteiger partial charge in [-0.1, -0.05) is 15.9 Å². The van der Waals surface area contributed by atoms with E-state index < -0.39 is 0 Å². The minimum absolute atomic E-state index is 0.550. The maximum Gasteiger partial charge on any atom is 0.0839 e. The van der Waals surface area contributed by atoms with Crippen molar-refractivity contribution in [3.63, 3.8) is 0 Å². The van der Waals surface area contributed by atoms with Crippen molar-refractivity contribution in [1.82, 2.24) is 0 Å². The number of hydrogen-bond donors (Lipinski definition) is 0. The fourth-order valence-corrected chi connectivity index (χ4v) is 1.14. The van der Waals surface area contributed by atoms with E-state index in [1.807, 2.05) is 0 Å². The maximum atomic E-state index is 5.20. The van der Waals surface area contributed by atoms with Crippen LogP contribution in [0.4, 0.5) is 0 Å². The predicted molar refractivity (Wildman–Crippen MR) is 37.4 cm³/mol. The molecule has 1 nitrogen and oxygen atoms in total. The molecule has 0 radical (unpaired) electrons. The van der Waals surface area contributed by atoms with Gasteiger partial charge in [0.1, 0.15) is 0 Å². The van der Waals surface area contributed by atoms with Crippen LogP contribution in [-0.2, 0) is 4.74 Å². The van der Waals surface area contributed by atoms with Gasteiger partial charge in [0.15, 0.2) is 0 Å².